The van der Waals surface area contributed by atoms with Gasteiger partial charge in [-0.3, -0.25) is 4.79 Å². The number of hydrogen-bond acceptors (Lipinski definition) is 4. The molecule has 1 atom stereocenters. The predicted octanol–water partition coefficient (Wildman–Crippen LogP) is 3.99. The number of carboxylic acid groups (broad SMARTS) is 1. The highest BCUT2D eigenvalue weighted by molar-refractivity contribution is 7.99. The van der Waals surface area contributed by atoms with Crippen LogP contribution in [0.25, 0.3) is 0 Å². The average Bonchev–Trinajstić information content (AvgIpc) is 2.58. The molecule has 0 aliphatic rings. The number of thioether (sulfide) groups is 1. The van der Waals surface area contributed by atoms with Crippen LogP contribution in [0.2, 0.25) is 0 Å². The first-order chi connectivity index (χ1) is 12.5. The van der Waals surface area contributed by atoms with Crippen molar-refractivity contribution < 1.29 is 19.7 Å². The largest absolute Gasteiger partial charge is 0.488 e. The maximum Gasteiger partial charge on any atom is 0.304 e. The van der Waals surface area contributed by atoms with Crippen LogP contribution < -0.4 is 4.74 Å². The van der Waals surface area contributed by atoms with Gasteiger partial charge < -0.3 is 14.9 Å². The first kappa shape index (κ1) is 20.3. The van der Waals surface area contributed by atoms with Crippen molar-refractivity contribution in [1.29, 1.82) is 0 Å². The molecule has 0 fully saturated rings. The molecule has 0 amide bonds. The fourth-order valence-corrected chi connectivity index (χ4v) is 3.70. The van der Waals surface area contributed by atoms with Gasteiger partial charge in [-0.25, -0.2) is 0 Å². The topological polar surface area (TPSA) is 66.8 Å². The number of ether oxygens (including phenoxy) is 1. The summed E-state index contributed by atoms with van der Waals surface area (Å²) >= 11 is 1.46. The summed E-state index contributed by atoms with van der Waals surface area (Å²) in [5.74, 6) is 1.04. The molecule has 2 N–H and O–H groups in total. The van der Waals surface area contributed by atoms with Crippen LogP contribution in [0.1, 0.15) is 28.7 Å². The summed E-state index contributed by atoms with van der Waals surface area (Å²) in [5, 5.41) is 19.0. The van der Waals surface area contributed by atoms with E-state index in [1.54, 1.807) is 0 Å². The van der Waals surface area contributed by atoms with Crippen LogP contribution in [0.3, 0.4) is 0 Å². The number of hydrogen-bond donors (Lipinski definition) is 2. The molecule has 0 aliphatic carbocycles. The molecular weight excluding hydrogens is 348 g/mol. The molecule has 0 heterocycles. The van der Waals surface area contributed by atoms with E-state index in [0.717, 1.165) is 28.0 Å². The summed E-state index contributed by atoms with van der Waals surface area (Å²) in [5.41, 5.74) is 4.28. The number of aliphatic hydroxyl groups excluding tert-OH is 1. The Hall–Kier alpha value is -1.98. The fourth-order valence-electron chi connectivity index (χ4n) is 2.82. The van der Waals surface area contributed by atoms with E-state index in [9.17, 15) is 9.90 Å². The zero-order chi connectivity index (χ0) is 18.9. The second kappa shape index (κ2) is 10.2. The summed E-state index contributed by atoms with van der Waals surface area (Å²) in [7, 11) is 0. The molecule has 140 valence electrons. The summed E-state index contributed by atoms with van der Waals surface area (Å²) in [4.78, 5) is 10.6. The van der Waals surface area contributed by atoms with E-state index in [2.05, 4.69) is 12.1 Å². The van der Waals surface area contributed by atoms with Crippen molar-refractivity contribution in [3.8, 4) is 5.75 Å². The first-order valence-corrected chi connectivity index (χ1v) is 9.85. The number of carbonyl (C=O) groups is 1. The van der Waals surface area contributed by atoms with Gasteiger partial charge in [0.05, 0.1) is 12.5 Å². The van der Waals surface area contributed by atoms with Crippen molar-refractivity contribution in [2.45, 2.75) is 39.4 Å². The summed E-state index contributed by atoms with van der Waals surface area (Å²) in [6, 6.07) is 14.1. The Balaban J connectivity index is 2.00. The molecule has 2 aromatic rings. The summed E-state index contributed by atoms with van der Waals surface area (Å²) < 4.78 is 6.07. The van der Waals surface area contributed by atoms with Crippen LogP contribution >= 0.6 is 11.8 Å². The van der Waals surface area contributed by atoms with Crippen molar-refractivity contribution in [2.24, 2.45) is 0 Å². The Morgan fingerprint density at radius 3 is 2.62 bits per heavy atom. The zero-order valence-corrected chi connectivity index (χ0v) is 16.1. The van der Waals surface area contributed by atoms with E-state index in [4.69, 9.17) is 9.84 Å². The third-order valence-corrected chi connectivity index (χ3v) is 5.06. The van der Waals surface area contributed by atoms with Crippen LogP contribution in [0.15, 0.2) is 42.5 Å². The van der Waals surface area contributed by atoms with Gasteiger partial charge in [0.2, 0.25) is 0 Å². The molecule has 2 aromatic carbocycles. The van der Waals surface area contributed by atoms with Crippen LogP contribution in [-0.2, 0) is 17.8 Å². The molecule has 26 heavy (non-hydrogen) atoms. The average molecular weight is 375 g/mol. The molecule has 0 radical (unpaired) electrons. The Labute approximate surface area is 159 Å². The van der Waals surface area contributed by atoms with Gasteiger partial charge in [-0.2, -0.15) is 11.8 Å². The second-order valence-corrected chi connectivity index (χ2v) is 7.57. The third-order valence-electron chi connectivity index (χ3n) is 3.95. The lowest BCUT2D eigenvalue weighted by molar-refractivity contribution is -0.136. The molecule has 0 aromatic heterocycles. The lowest BCUT2D eigenvalue weighted by atomic mass is 10.0. The number of aryl methyl sites for hydroxylation is 2. The van der Waals surface area contributed by atoms with E-state index in [0.29, 0.717) is 24.5 Å². The van der Waals surface area contributed by atoms with Crippen LogP contribution in [0.5, 0.6) is 5.75 Å². The SMILES string of the molecule is Cc1cc(C)c(OCc2ccccc2)c(C[C@H](O)CSCCC(=O)O)c1. The summed E-state index contributed by atoms with van der Waals surface area (Å²) in [6.07, 6.45) is 0.0769. The molecule has 4 nitrogen and oxygen atoms in total. The van der Waals surface area contributed by atoms with Crippen molar-refractivity contribution in [3.05, 3.63) is 64.7 Å². The van der Waals surface area contributed by atoms with E-state index in [1.165, 1.54) is 11.8 Å². The number of aliphatic carboxylic acids is 1. The van der Waals surface area contributed by atoms with Crippen molar-refractivity contribution in [1.82, 2.24) is 0 Å². The minimum atomic E-state index is -0.808. The quantitative estimate of drug-likeness (QED) is 0.616. The molecule has 2 rings (SSSR count). The predicted molar refractivity (Wildman–Crippen MR) is 106 cm³/mol. The molecule has 0 saturated heterocycles. The Morgan fingerprint density at radius 1 is 1.19 bits per heavy atom. The van der Waals surface area contributed by atoms with Gasteiger partial charge in [-0.1, -0.05) is 48.0 Å². The van der Waals surface area contributed by atoms with Crippen LogP contribution in [0.4, 0.5) is 0 Å². The zero-order valence-electron chi connectivity index (χ0n) is 15.3. The smallest absolute Gasteiger partial charge is 0.304 e. The number of aliphatic hydroxyl groups is 1. The molecule has 0 unspecified atom stereocenters. The number of carboxylic acids is 1. The van der Waals surface area contributed by atoms with E-state index in [-0.39, 0.29) is 6.42 Å². The van der Waals surface area contributed by atoms with E-state index >= 15 is 0 Å². The minimum Gasteiger partial charge on any atom is -0.488 e. The molecule has 0 aliphatic heterocycles. The van der Waals surface area contributed by atoms with Gasteiger partial charge >= 0.3 is 5.97 Å². The van der Waals surface area contributed by atoms with Gasteiger partial charge in [-0.05, 0) is 30.5 Å². The number of rotatable bonds is 10. The molecule has 0 saturated carbocycles. The van der Waals surface area contributed by atoms with Crippen LogP contribution in [-0.4, -0.2) is 33.8 Å². The van der Waals surface area contributed by atoms with Crippen molar-refractivity contribution in [3.63, 3.8) is 0 Å². The van der Waals surface area contributed by atoms with Gasteiger partial charge in [0.1, 0.15) is 12.4 Å². The Morgan fingerprint density at radius 2 is 1.92 bits per heavy atom. The Kier molecular flexibility index (Phi) is 8.01. The van der Waals surface area contributed by atoms with Crippen molar-refractivity contribution in [2.75, 3.05) is 11.5 Å². The standard InChI is InChI=1S/C21H26O4S/c1-15-10-16(2)21(25-13-17-6-4-3-5-7-17)18(11-15)12-19(22)14-26-9-8-20(23)24/h3-7,10-11,19,22H,8-9,12-14H2,1-2H3,(H,23,24)/t19-/m0/s1. The highest BCUT2D eigenvalue weighted by atomic mass is 32.2. The highest BCUT2D eigenvalue weighted by Gasteiger charge is 2.14. The lowest BCUT2D eigenvalue weighted by Crippen LogP contribution is -2.15. The lowest BCUT2D eigenvalue weighted by Gasteiger charge is -2.18. The molecule has 0 spiro atoms. The maximum absolute atomic E-state index is 10.6. The summed E-state index contributed by atoms with van der Waals surface area (Å²) in [6.45, 7) is 4.54. The van der Waals surface area contributed by atoms with Gasteiger partial charge in [0.25, 0.3) is 0 Å². The van der Waals surface area contributed by atoms with E-state index < -0.39 is 12.1 Å². The van der Waals surface area contributed by atoms with Gasteiger partial charge in [-0.15, -0.1) is 0 Å². The number of benzene rings is 2. The fraction of sp³-hybridized carbons (Fsp3) is 0.381. The van der Waals surface area contributed by atoms with Crippen molar-refractivity contribution >= 4 is 17.7 Å². The second-order valence-electron chi connectivity index (χ2n) is 6.42. The molecule has 0 bridgehead atoms. The van der Waals surface area contributed by atoms with Crippen LogP contribution in [0, 0.1) is 13.8 Å². The first-order valence-electron chi connectivity index (χ1n) is 8.70. The Bertz CT molecular complexity index is 715. The highest BCUT2D eigenvalue weighted by Crippen LogP contribution is 2.28. The molecule has 5 heteroatoms. The third kappa shape index (κ3) is 6.73. The monoisotopic (exact) mass is 374 g/mol. The van der Waals surface area contributed by atoms with Gasteiger partial charge in [0, 0.05) is 17.9 Å². The maximum atomic E-state index is 10.6. The minimum absolute atomic E-state index is 0.117. The van der Waals surface area contributed by atoms with Gasteiger partial charge in [0.15, 0.2) is 0 Å². The van der Waals surface area contributed by atoms with E-state index in [1.807, 2.05) is 44.2 Å². The molecular formula is C21H26O4S. The normalized spacial score (nSPS) is 12.0.